The predicted octanol–water partition coefficient (Wildman–Crippen LogP) is 3.03. The number of benzene rings is 1. The van der Waals surface area contributed by atoms with Gasteiger partial charge in [-0.15, -0.1) is 0 Å². The van der Waals surface area contributed by atoms with Crippen molar-refractivity contribution in [3.8, 4) is 0 Å². The molecule has 0 aliphatic rings. The minimum atomic E-state index is -0.0911. The number of furan rings is 1. The number of carbonyl (C=O) groups is 1. The molecule has 2 aromatic rings. The number of hydrogen-bond donors (Lipinski definition) is 1. The molecule has 5 nitrogen and oxygen atoms in total. The van der Waals surface area contributed by atoms with Crippen LogP contribution >= 0.6 is 0 Å². The van der Waals surface area contributed by atoms with Crippen LogP contribution in [0.15, 0.2) is 47.1 Å². The lowest BCUT2D eigenvalue weighted by molar-refractivity contribution is 0.197. The average Bonchev–Trinajstić information content (AvgIpc) is 3.03. The second-order valence-corrected chi connectivity index (χ2v) is 5.96. The van der Waals surface area contributed by atoms with E-state index >= 15 is 0 Å². The number of rotatable bonds is 6. The van der Waals surface area contributed by atoms with Crippen LogP contribution in [-0.2, 0) is 6.54 Å². The van der Waals surface area contributed by atoms with Crippen LogP contribution in [-0.4, -0.2) is 43.5 Å². The van der Waals surface area contributed by atoms with E-state index in [0.717, 1.165) is 11.3 Å². The van der Waals surface area contributed by atoms with Crippen LogP contribution in [0, 0.1) is 6.92 Å². The lowest BCUT2D eigenvalue weighted by atomic mass is 10.1. The maximum atomic E-state index is 12.3. The monoisotopic (exact) mass is 315 g/mol. The summed E-state index contributed by atoms with van der Waals surface area (Å²) >= 11 is 0. The predicted molar refractivity (Wildman–Crippen MR) is 91.2 cm³/mol. The minimum Gasteiger partial charge on any atom is -0.468 e. The maximum Gasteiger partial charge on any atom is 0.317 e. The summed E-state index contributed by atoms with van der Waals surface area (Å²) in [7, 11) is 5.74. The maximum absolute atomic E-state index is 12.3. The molecule has 23 heavy (non-hydrogen) atoms. The molecule has 0 radical (unpaired) electrons. The van der Waals surface area contributed by atoms with Gasteiger partial charge in [0, 0.05) is 20.1 Å². The van der Waals surface area contributed by atoms with Gasteiger partial charge < -0.3 is 14.6 Å². The topological polar surface area (TPSA) is 48.7 Å². The van der Waals surface area contributed by atoms with E-state index in [1.165, 1.54) is 5.56 Å². The minimum absolute atomic E-state index is 0.0146. The molecule has 0 aliphatic carbocycles. The van der Waals surface area contributed by atoms with E-state index in [2.05, 4.69) is 18.3 Å². The zero-order valence-corrected chi connectivity index (χ0v) is 14.2. The van der Waals surface area contributed by atoms with Crippen molar-refractivity contribution in [2.45, 2.75) is 19.5 Å². The molecular formula is C18H25N3O2. The van der Waals surface area contributed by atoms with E-state index in [0.29, 0.717) is 13.1 Å². The molecule has 124 valence electrons. The van der Waals surface area contributed by atoms with E-state index in [1.807, 2.05) is 49.3 Å². The van der Waals surface area contributed by atoms with E-state index in [9.17, 15) is 4.79 Å². The van der Waals surface area contributed by atoms with Crippen molar-refractivity contribution in [2.24, 2.45) is 0 Å². The fourth-order valence-electron chi connectivity index (χ4n) is 2.45. The molecule has 2 amide bonds. The van der Waals surface area contributed by atoms with Crippen LogP contribution < -0.4 is 5.32 Å². The highest BCUT2D eigenvalue weighted by molar-refractivity contribution is 5.73. The van der Waals surface area contributed by atoms with Crippen LogP contribution in [0.25, 0.3) is 0 Å². The Balaban J connectivity index is 1.92. The van der Waals surface area contributed by atoms with Crippen molar-refractivity contribution >= 4 is 6.03 Å². The Morgan fingerprint density at radius 1 is 1.17 bits per heavy atom. The first-order chi connectivity index (χ1) is 11.0. The largest absolute Gasteiger partial charge is 0.468 e. The molecule has 1 aromatic carbocycles. The van der Waals surface area contributed by atoms with Crippen LogP contribution in [0.1, 0.15) is 22.9 Å². The quantitative estimate of drug-likeness (QED) is 0.891. The van der Waals surface area contributed by atoms with Gasteiger partial charge >= 0.3 is 6.03 Å². The molecule has 0 spiro atoms. The fraction of sp³-hybridized carbons (Fsp3) is 0.389. The van der Waals surface area contributed by atoms with E-state index in [1.54, 1.807) is 18.2 Å². The van der Waals surface area contributed by atoms with Gasteiger partial charge in [0.2, 0.25) is 0 Å². The van der Waals surface area contributed by atoms with Gasteiger partial charge in [-0.25, -0.2) is 4.79 Å². The van der Waals surface area contributed by atoms with Crippen LogP contribution in [0.4, 0.5) is 4.79 Å². The molecular weight excluding hydrogens is 290 g/mol. The van der Waals surface area contributed by atoms with Crippen molar-refractivity contribution < 1.29 is 9.21 Å². The van der Waals surface area contributed by atoms with E-state index < -0.39 is 0 Å². The smallest absolute Gasteiger partial charge is 0.317 e. The van der Waals surface area contributed by atoms with Gasteiger partial charge in [-0.2, -0.15) is 0 Å². The number of nitrogens with one attached hydrogen (secondary N) is 1. The van der Waals surface area contributed by atoms with E-state index in [-0.39, 0.29) is 12.1 Å². The van der Waals surface area contributed by atoms with Crippen molar-refractivity contribution in [3.63, 3.8) is 0 Å². The van der Waals surface area contributed by atoms with Crippen LogP contribution in [0.3, 0.4) is 0 Å². The number of nitrogens with zero attached hydrogens (tertiary/aromatic N) is 2. The lowest BCUT2D eigenvalue weighted by Crippen LogP contribution is -2.41. The zero-order chi connectivity index (χ0) is 16.8. The summed E-state index contributed by atoms with van der Waals surface area (Å²) in [4.78, 5) is 16.0. The highest BCUT2D eigenvalue weighted by Crippen LogP contribution is 2.17. The summed E-state index contributed by atoms with van der Waals surface area (Å²) in [5.74, 6) is 0.844. The first kappa shape index (κ1) is 17.1. The third-order valence-corrected chi connectivity index (χ3v) is 3.96. The van der Waals surface area contributed by atoms with Gasteiger partial charge in [0.15, 0.2) is 0 Å². The third-order valence-electron chi connectivity index (χ3n) is 3.96. The molecule has 0 saturated carbocycles. The fourth-order valence-corrected chi connectivity index (χ4v) is 2.45. The molecule has 0 fully saturated rings. The Morgan fingerprint density at radius 3 is 2.52 bits per heavy atom. The number of hydrogen-bond acceptors (Lipinski definition) is 3. The Hall–Kier alpha value is -2.27. The molecule has 1 heterocycles. The summed E-state index contributed by atoms with van der Waals surface area (Å²) in [5.41, 5.74) is 2.34. The van der Waals surface area contributed by atoms with Gasteiger partial charge in [-0.05, 0) is 44.3 Å². The average molecular weight is 315 g/mol. The Kier molecular flexibility index (Phi) is 5.82. The molecule has 1 aromatic heterocycles. The van der Waals surface area contributed by atoms with E-state index in [4.69, 9.17) is 4.42 Å². The molecule has 1 N–H and O–H groups in total. The first-order valence-electron chi connectivity index (χ1n) is 7.72. The molecule has 0 saturated heterocycles. The lowest BCUT2D eigenvalue weighted by Gasteiger charge is -2.25. The van der Waals surface area contributed by atoms with Crippen LogP contribution in [0.2, 0.25) is 0 Å². The normalized spacial score (nSPS) is 12.2. The molecule has 0 bridgehead atoms. The Labute approximate surface area is 137 Å². The number of amides is 2. The highest BCUT2D eigenvalue weighted by Gasteiger charge is 2.19. The van der Waals surface area contributed by atoms with Crippen molar-refractivity contribution in [2.75, 3.05) is 27.7 Å². The van der Waals surface area contributed by atoms with Crippen LogP contribution in [0.5, 0.6) is 0 Å². The Bertz CT molecular complexity index is 623. The SMILES string of the molecule is Cc1ccccc1CN(C)C(=O)NCC(c1ccco1)N(C)C. The van der Waals surface area contributed by atoms with Crippen molar-refractivity contribution in [1.82, 2.24) is 15.1 Å². The second kappa shape index (κ2) is 7.83. The molecule has 1 atom stereocenters. The first-order valence-corrected chi connectivity index (χ1v) is 7.72. The summed E-state index contributed by atoms with van der Waals surface area (Å²) in [6.45, 7) is 3.14. The van der Waals surface area contributed by atoms with Gasteiger partial charge in [0.1, 0.15) is 5.76 Å². The van der Waals surface area contributed by atoms with Crippen molar-refractivity contribution in [1.29, 1.82) is 0 Å². The Morgan fingerprint density at radius 2 is 1.91 bits per heavy atom. The molecule has 5 heteroatoms. The van der Waals surface area contributed by atoms with Gasteiger partial charge in [0.25, 0.3) is 0 Å². The molecule has 2 rings (SSSR count). The van der Waals surface area contributed by atoms with Crippen molar-refractivity contribution in [3.05, 3.63) is 59.5 Å². The highest BCUT2D eigenvalue weighted by atomic mass is 16.3. The number of aryl methyl sites for hydroxylation is 1. The zero-order valence-electron chi connectivity index (χ0n) is 14.2. The van der Waals surface area contributed by atoms with Gasteiger partial charge in [-0.3, -0.25) is 4.90 Å². The summed E-state index contributed by atoms with van der Waals surface area (Å²) in [6.07, 6.45) is 1.65. The molecule has 0 aliphatic heterocycles. The summed E-state index contributed by atoms with van der Waals surface area (Å²) in [5, 5.41) is 2.98. The second-order valence-electron chi connectivity index (χ2n) is 5.96. The number of urea groups is 1. The number of likely N-dealkylation sites (N-methyl/N-ethyl adjacent to an activating group) is 1. The summed E-state index contributed by atoms with van der Waals surface area (Å²) in [6, 6.07) is 11.8. The van der Waals surface area contributed by atoms with Gasteiger partial charge in [-0.1, -0.05) is 24.3 Å². The molecule has 1 unspecified atom stereocenters. The van der Waals surface area contributed by atoms with Gasteiger partial charge in [0.05, 0.1) is 12.3 Å². The third kappa shape index (κ3) is 4.60. The standard InChI is InChI=1S/C18H25N3O2/c1-14-8-5-6-9-15(14)13-21(4)18(22)19-12-16(20(2)3)17-10-7-11-23-17/h5-11,16H,12-13H2,1-4H3,(H,19,22). The summed E-state index contributed by atoms with van der Waals surface area (Å²) < 4.78 is 5.45. The number of carbonyl (C=O) groups excluding carboxylic acids is 1.